The molecule has 18 heteroatoms. The van der Waals surface area contributed by atoms with E-state index in [0.29, 0.717) is 76.3 Å². The molecule has 2 aliphatic rings. The van der Waals surface area contributed by atoms with Gasteiger partial charge in [0.05, 0.1) is 47.7 Å². The minimum absolute atomic E-state index is 0.0371. The van der Waals surface area contributed by atoms with Gasteiger partial charge in [0.25, 0.3) is 23.6 Å². The maximum Gasteiger partial charge on any atom is 0.269 e. The van der Waals surface area contributed by atoms with Crippen molar-refractivity contribution in [2.24, 2.45) is 0 Å². The lowest BCUT2D eigenvalue weighted by Gasteiger charge is -2.27. The van der Waals surface area contributed by atoms with E-state index in [1.807, 2.05) is 63.2 Å². The number of ether oxygens (including phenoxy) is 1. The molecule has 0 radical (unpaired) electrons. The number of carbonyl (C=O) groups is 6. The van der Waals surface area contributed by atoms with Crippen LogP contribution in [0, 0.1) is 0 Å². The van der Waals surface area contributed by atoms with Crippen molar-refractivity contribution in [1.29, 1.82) is 0 Å². The van der Waals surface area contributed by atoms with Crippen LogP contribution in [-0.2, 0) is 22.7 Å². The molecule has 0 bridgehead atoms. The molecular weight excluding hydrogens is 831 g/mol. The zero-order valence-corrected chi connectivity index (χ0v) is 36.2. The van der Waals surface area contributed by atoms with E-state index in [1.165, 1.54) is 6.07 Å². The van der Waals surface area contributed by atoms with Gasteiger partial charge in [-0.2, -0.15) is 0 Å². The molecule has 65 heavy (non-hydrogen) atoms. The zero-order chi connectivity index (χ0) is 45.8. The zero-order valence-electron chi connectivity index (χ0n) is 36.2. The van der Waals surface area contributed by atoms with Crippen LogP contribution in [0.1, 0.15) is 93.7 Å². The molecule has 1 unspecified atom stereocenters. The van der Waals surface area contributed by atoms with Crippen LogP contribution in [0.4, 0.5) is 17.1 Å². The Morgan fingerprint density at radius 3 is 2.45 bits per heavy atom. The van der Waals surface area contributed by atoms with Crippen molar-refractivity contribution >= 4 is 63.4 Å². The molecule has 2 aliphatic heterocycles. The molecule has 6 amide bonds. The summed E-state index contributed by atoms with van der Waals surface area (Å²) in [5.41, 5.74) is 4.91. The number of imide groups is 2. The maximum absolute atomic E-state index is 13.5. The first-order chi connectivity index (χ1) is 31.3. The van der Waals surface area contributed by atoms with Crippen molar-refractivity contribution in [2.75, 3.05) is 24.3 Å². The van der Waals surface area contributed by atoms with Crippen LogP contribution in [0.2, 0.25) is 0 Å². The standard InChI is InChI=1S/C47H47N11O7/c1-47(2,3)54-42(60)33-25-51-36-22-38(65-4)31(21-32(36)41(33)52-28-11-6-5-7-12-28)27-15-16-35(49-23-27)43(61)48-19-8-9-20-57-26-29(55-56-57)24-50-34-14-10-13-30-40(34)46(64)58(45(30)63)37-17-18-39(59)53-44(37)62/h5-7,10-16,21-23,25-26,37,50H,8-9,17-20,24H2,1-4H3,(H,48,61)(H,51,52)(H,54,60)(H,53,59,62). The third kappa shape index (κ3) is 9.51. The van der Waals surface area contributed by atoms with E-state index in [2.05, 4.69) is 46.9 Å². The first-order valence-corrected chi connectivity index (χ1v) is 21.2. The second-order valence-electron chi connectivity index (χ2n) is 16.7. The Hall–Kier alpha value is -8.02. The van der Waals surface area contributed by atoms with Gasteiger partial charge in [0.15, 0.2) is 0 Å². The second kappa shape index (κ2) is 18.4. The molecule has 8 rings (SSSR count). The fourth-order valence-electron chi connectivity index (χ4n) is 7.75. The van der Waals surface area contributed by atoms with Crippen LogP contribution in [0.15, 0.2) is 91.4 Å². The van der Waals surface area contributed by atoms with Crippen LogP contribution in [0.3, 0.4) is 0 Å². The highest BCUT2D eigenvalue weighted by molar-refractivity contribution is 6.25. The number of amides is 6. The number of aryl methyl sites for hydroxylation is 1. The summed E-state index contributed by atoms with van der Waals surface area (Å²) in [4.78, 5) is 87.4. The van der Waals surface area contributed by atoms with Crippen molar-refractivity contribution < 1.29 is 33.5 Å². The van der Waals surface area contributed by atoms with Gasteiger partial charge in [-0.1, -0.05) is 35.5 Å². The van der Waals surface area contributed by atoms with E-state index in [9.17, 15) is 28.8 Å². The Kier molecular flexibility index (Phi) is 12.3. The van der Waals surface area contributed by atoms with Crippen LogP contribution in [0.5, 0.6) is 5.75 Å². The van der Waals surface area contributed by atoms with Crippen LogP contribution in [-0.4, -0.2) is 90.5 Å². The monoisotopic (exact) mass is 877 g/mol. The number of hydrogen-bond donors (Lipinski definition) is 5. The minimum atomic E-state index is -1.06. The van der Waals surface area contributed by atoms with Gasteiger partial charge in [0.2, 0.25) is 11.8 Å². The van der Waals surface area contributed by atoms with Gasteiger partial charge in [-0.25, -0.2) is 0 Å². The van der Waals surface area contributed by atoms with Crippen molar-refractivity contribution in [1.82, 2.24) is 45.8 Å². The fourth-order valence-corrected chi connectivity index (χ4v) is 7.75. The molecule has 6 aromatic rings. The van der Waals surface area contributed by atoms with Gasteiger partial charge >= 0.3 is 0 Å². The number of aromatic nitrogens is 5. The summed E-state index contributed by atoms with van der Waals surface area (Å²) in [5.74, 6) is -2.33. The number of piperidine rings is 1. The number of anilines is 3. The van der Waals surface area contributed by atoms with E-state index in [1.54, 1.807) is 54.6 Å². The predicted molar refractivity (Wildman–Crippen MR) is 240 cm³/mol. The van der Waals surface area contributed by atoms with Crippen molar-refractivity contribution in [3.8, 4) is 16.9 Å². The summed E-state index contributed by atoms with van der Waals surface area (Å²) in [5, 5.41) is 23.9. The summed E-state index contributed by atoms with van der Waals surface area (Å²) in [6.45, 7) is 6.91. The largest absolute Gasteiger partial charge is 0.496 e. The van der Waals surface area contributed by atoms with Gasteiger partial charge < -0.3 is 26.0 Å². The number of carbonyl (C=O) groups excluding carboxylic acids is 6. The van der Waals surface area contributed by atoms with Gasteiger partial charge in [-0.3, -0.25) is 53.6 Å². The van der Waals surface area contributed by atoms with Crippen LogP contribution >= 0.6 is 0 Å². The summed E-state index contributed by atoms with van der Waals surface area (Å²) in [6.07, 6.45) is 6.40. The van der Waals surface area contributed by atoms with E-state index in [0.717, 1.165) is 10.6 Å². The third-order valence-corrected chi connectivity index (χ3v) is 10.9. The lowest BCUT2D eigenvalue weighted by Crippen LogP contribution is -2.54. The van der Waals surface area contributed by atoms with E-state index >= 15 is 0 Å². The maximum atomic E-state index is 13.5. The molecule has 1 saturated heterocycles. The Labute approximate surface area is 373 Å². The number of rotatable bonds is 15. The molecule has 1 fully saturated rings. The number of methoxy groups -OCH3 is 1. The van der Waals surface area contributed by atoms with Crippen molar-refractivity contribution in [2.45, 2.75) is 71.1 Å². The lowest BCUT2D eigenvalue weighted by molar-refractivity contribution is -0.136. The minimum Gasteiger partial charge on any atom is -0.496 e. The number of hydrogen-bond acceptors (Lipinski definition) is 13. The van der Waals surface area contributed by atoms with Crippen LogP contribution in [0.25, 0.3) is 22.0 Å². The Balaban J connectivity index is 0.860. The molecule has 0 saturated carbocycles. The molecule has 0 aliphatic carbocycles. The molecule has 3 aromatic heterocycles. The first kappa shape index (κ1) is 43.6. The summed E-state index contributed by atoms with van der Waals surface area (Å²) >= 11 is 0. The van der Waals surface area contributed by atoms with Gasteiger partial charge in [-0.15, -0.1) is 5.10 Å². The van der Waals surface area contributed by atoms with E-state index < -0.39 is 35.2 Å². The average molecular weight is 878 g/mol. The summed E-state index contributed by atoms with van der Waals surface area (Å²) < 4.78 is 7.46. The highest BCUT2D eigenvalue weighted by Gasteiger charge is 2.45. The Bertz CT molecular complexity index is 2840. The lowest BCUT2D eigenvalue weighted by atomic mass is 10.00. The SMILES string of the molecule is COc1cc2ncc(C(=O)NC(C)(C)C)c(Nc3ccccc3)c2cc1-c1ccc(C(=O)NCCCCn2cc(CNc3cccc4c3C(=O)N(C3CCC(=O)NC3=O)C4=O)nn2)nc1. The predicted octanol–water partition coefficient (Wildman–Crippen LogP) is 5.39. The Morgan fingerprint density at radius 2 is 1.71 bits per heavy atom. The number of nitrogens with one attached hydrogen (secondary N) is 5. The molecular formula is C47H47N11O7. The topological polar surface area (TPSA) is 232 Å². The molecule has 1 atom stereocenters. The molecule has 3 aromatic carbocycles. The normalized spacial score (nSPS) is 14.8. The average Bonchev–Trinajstić information content (AvgIpc) is 3.85. The molecule has 332 valence electrons. The molecule has 18 nitrogen and oxygen atoms in total. The molecule has 5 heterocycles. The highest BCUT2D eigenvalue weighted by Crippen LogP contribution is 2.38. The quantitative estimate of drug-likeness (QED) is 0.0644. The number of para-hydroxylation sites is 1. The van der Waals surface area contributed by atoms with Gasteiger partial charge in [0, 0.05) is 71.4 Å². The number of fused-ring (bicyclic) bond motifs is 2. The van der Waals surface area contributed by atoms with E-state index in [4.69, 9.17) is 4.74 Å². The summed E-state index contributed by atoms with van der Waals surface area (Å²) in [7, 11) is 1.57. The number of pyridine rings is 2. The van der Waals surface area contributed by atoms with Gasteiger partial charge in [0.1, 0.15) is 23.2 Å². The fraction of sp³-hybridized carbons (Fsp3) is 0.277. The second-order valence-corrected chi connectivity index (χ2v) is 16.7. The summed E-state index contributed by atoms with van der Waals surface area (Å²) in [6, 6.07) is 20.6. The molecule has 0 spiro atoms. The number of benzene rings is 3. The smallest absolute Gasteiger partial charge is 0.269 e. The molecule has 5 N–H and O–H groups in total. The van der Waals surface area contributed by atoms with Crippen molar-refractivity contribution in [3.63, 3.8) is 0 Å². The van der Waals surface area contributed by atoms with Crippen molar-refractivity contribution in [3.05, 3.63) is 119 Å². The first-order valence-electron chi connectivity index (χ1n) is 21.2. The third-order valence-electron chi connectivity index (χ3n) is 10.9. The van der Waals surface area contributed by atoms with E-state index in [-0.39, 0.29) is 48.0 Å². The van der Waals surface area contributed by atoms with Gasteiger partial charge in [-0.05, 0) is 76.4 Å². The Morgan fingerprint density at radius 1 is 0.892 bits per heavy atom. The van der Waals surface area contributed by atoms with Crippen LogP contribution < -0.4 is 31.3 Å². The number of nitrogens with zero attached hydrogens (tertiary/aromatic N) is 6. The number of unbranched alkanes of at least 4 members (excludes halogenated alkanes) is 1. The highest BCUT2D eigenvalue weighted by atomic mass is 16.5.